The minimum absolute atomic E-state index is 0.00407. The number of hydrogen-bond donors (Lipinski definition) is 0. The lowest BCUT2D eigenvalue weighted by Crippen LogP contribution is -2.33. The van der Waals surface area contributed by atoms with E-state index in [1.807, 2.05) is 62.4 Å². The molecule has 0 saturated heterocycles. The first-order chi connectivity index (χ1) is 14.1. The quantitative estimate of drug-likeness (QED) is 0.309. The molecule has 0 spiro atoms. The van der Waals surface area contributed by atoms with Gasteiger partial charge < -0.3 is 4.90 Å². The number of anilines is 1. The smallest absolute Gasteiger partial charge is 0.262 e. The Morgan fingerprint density at radius 1 is 1.21 bits per heavy atom. The van der Waals surface area contributed by atoms with Crippen LogP contribution in [0.1, 0.15) is 26.3 Å². The van der Waals surface area contributed by atoms with E-state index in [1.165, 1.54) is 11.8 Å². The first kappa shape index (κ1) is 20.9. The SMILES string of the molecule is C=CCN(C(=O)CSc1nc2ccccc2c(=O)n1[C@H](C)CC)c1ccccc1. The molecule has 0 aliphatic carbocycles. The summed E-state index contributed by atoms with van der Waals surface area (Å²) >= 11 is 1.30. The van der Waals surface area contributed by atoms with Crippen LogP contribution in [0.5, 0.6) is 0 Å². The number of carbonyl (C=O) groups is 1. The molecule has 3 rings (SSSR count). The highest BCUT2D eigenvalue weighted by atomic mass is 32.2. The number of carbonyl (C=O) groups excluding carboxylic acids is 1. The summed E-state index contributed by atoms with van der Waals surface area (Å²) in [4.78, 5) is 32.4. The molecule has 150 valence electrons. The molecule has 0 aliphatic heterocycles. The normalized spacial score (nSPS) is 11.9. The molecule has 0 N–H and O–H groups in total. The molecule has 5 nitrogen and oxygen atoms in total. The largest absolute Gasteiger partial charge is 0.308 e. The summed E-state index contributed by atoms with van der Waals surface area (Å²) in [6.07, 6.45) is 2.51. The van der Waals surface area contributed by atoms with Crippen LogP contribution in [0.2, 0.25) is 0 Å². The van der Waals surface area contributed by atoms with Crippen molar-refractivity contribution in [2.45, 2.75) is 31.5 Å². The lowest BCUT2D eigenvalue weighted by molar-refractivity contribution is -0.116. The van der Waals surface area contributed by atoms with Crippen molar-refractivity contribution >= 4 is 34.3 Å². The first-order valence-electron chi connectivity index (χ1n) is 9.67. The van der Waals surface area contributed by atoms with Crippen molar-refractivity contribution in [3.63, 3.8) is 0 Å². The van der Waals surface area contributed by atoms with Gasteiger partial charge in [-0.2, -0.15) is 0 Å². The Bertz CT molecular complexity index is 1060. The zero-order valence-electron chi connectivity index (χ0n) is 16.7. The van der Waals surface area contributed by atoms with Crippen molar-refractivity contribution in [3.05, 3.63) is 77.6 Å². The standard InChI is InChI=1S/C23H25N3O2S/c1-4-15-25(18-11-7-6-8-12-18)21(27)16-29-23-24-20-14-10-9-13-19(20)22(28)26(23)17(3)5-2/h4,6-14,17H,1,5,15-16H2,2-3H3/t17-/m1/s1. The fraction of sp³-hybridized carbons (Fsp3) is 0.261. The fourth-order valence-corrected chi connectivity index (χ4v) is 4.06. The van der Waals surface area contributed by atoms with Gasteiger partial charge in [-0.3, -0.25) is 14.2 Å². The summed E-state index contributed by atoms with van der Waals surface area (Å²) in [7, 11) is 0. The third-order valence-corrected chi connectivity index (χ3v) is 5.75. The number of para-hydroxylation sites is 2. The second-order valence-electron chi connectivity index (χ2n) is 6.76. The molecule has 1 aromatic heterocycles. The van der Waals surface area contributed by atoms with Crippen LogP contribution in [0.4, 0.5) is 5.69 Å². The van der Waals surface area contributed by atoms with Crippen LogP contribution in [0, 0.1) is 0 Å². The van der Waals surface area contributed by atoms with Crippen LogP contribution in [-0.2, 0) is 4.79 Å². The Morgan fingerprint density at radius 3 is 2.59 bits per heavy atom. The molecule has 1 amide bonds. The second kappa shape index (κ2) is 9.56. The van der Waals surface area contributed by atoms with E-state index < -0.39 is 0 Å². The van der Waals surface area contributed by atoms with Gasteiger partial charge in [0.25, 0.3) is 5.56 Å². The van der Waals surface area contributed by atoms with E-state index in [0.29, 0.717) is 22.6 Å². The Labute approximate surface area is 175 Å². The van der Waals surface area contributed by atoms with Gasteiger partial charge in [-0.15, -0.1) is 6.58 Å². The number of nitrogens with zero attached hydrogens (tertiary/aromatic N) is 3. The molecule has 1 heterocycles. The fourth-order valence-electron chi connectivity index (χ4n) is 3.09. The maximum Gasteiger partial charge on any atom is 0.262 e. The van der Waals surface area contributed by atoms with Gasteiger partial charge in [0.05, 0.1) is 16.7 Å². The predicted octanol–water partition coefficient (Wildman–Crippen LogP) is 4.68. The van der Waals surface area contributed by atoms with Gasteiger partial charge >= 0.3 is 0 Å². The number of amides is 1. The molecule has 1 atom stereocenters. The average Bonchev–Trinajstić information content (AvgIpc) is 2.76. The van der Waals surface area contributed by atoms with Gasteiger partial charge in [0.2, 0.25) is 5.91 Å². The van der Waals surface area contributed by atoms with Gasteiger partial charge in [-0.05, 0) is 37.6 Å². The molecule has 0 bridgehead atoms. The van der Waals surface area contributed by atoms with E-state index in [4.69, 9.17) is 4.98 Å². The highest BCUT2D eigenvalue weighted by Gasteiger charge is 2.19. The van der Waals surface area contributed by atoms with Gasteiger partial charge in [-0.25, -0.2) is 4.98 Å². The van der Waals surface area contributed by atoms with E-state index in [0.717, 1.165) is 12.1 Å². The molecular formula is C23H25N3O2S. The maximum absolute atomic E-state index is 13.1. The maximum atomic E-state index is 13.1. The number of hydrogen-bond acceptors (Lipinski definition) is 4. The minimum Gasteiger partial charge on any atom is -0.308 e. The van der Waals surface area contributed by atoms with Crippen molar-refractivity contribution < 1.29 is 4.79 Å². The summed E-state index contributed by atoms with van der Waals surface area (Å²) in [6.45, 7) is 8.22. The van der Waals surface area contributed by atoms with E-state index in [2.05, 4.69) is 6.58 Å². The van der Waals surface area contributed by atoms with E-state index in [1.54, 1.807) is 21.6 Å². The number of aromatic nitrogens is 2. The molecule has 0 aliphatic rings. The molecule has 0 saturated carbocycles. The van der Waals surface area contributed by atoms with Crippen LogP contribution >= 0.6 is 11.8 Å². The zero-order chi connectivity index (χ0) is 20.8. The van der Waals surface area contributed by atoms with Crippen LogP contribution in [0.3, 0.4) is 0 Å². The van der Waals surface area contributed by atoms with Gasteiger partial charge in [0.15, 0.2) is 5.16 Å². The van der Waals surface area contributed by atoms with E-state index in [9.17, 15) is 9.59 Å². The van der Waals surface area contributed by atoms with Crippen LogP contribution in [0.15, 0.2) is 77.2 Å². The summed E-state index contributed by atoms with van der Waals surface area (Å²) in [5, 5.41) is 1.17. The van der Waals surface area contributed by atoms with Crippen LogP contribution < -0.4 is 10.5 Å². The molecule has 2 aromatic carbocycles. The average molecular weight is 408 g/mol. The van der Waals surface area contributed by atoms with Crippen LogP contribution in [0.25, 0.3) is 10.9 Å². The minimum atomic E-state index is -0.0640. The Kier molecular flexibility index (Phi) is 6.88. The molecule has 0 unspecified atom stereocenters. The Hall–Kier alpha value is -2.86. The predicted molar refractivity (Wildman–Crippen MR) is 121 cm³/mol. The van der Waals surface area contributed by atoms with Crippen molar-refractivity contribution in [1.29, 1.82) is 0 Å². The Balaban J connectivity index is 1.92. The molecular weight excluding hydrogens is 382 g/mol. The van der Waals surface area contributed by atoms with Crippen LogP contribution in [-0.4, -0.2) is 27.8 Å². The summed E-state index contributed by atoms with van der Waals surface area (Å²) < 4.78 is 1.71. The Morgan fingerprint density at radius 2 is 1.90 bits per heavy atom. The summed E-state index contributed by atoms with van der Waals surface area (Å²) in [6, 6.07) is 16.8. The number of rotatable bonds is 8. The zero-order valence-corrected chi connectivity index (χ0v) is 17.6. The van der Waals surface area contributed by atoms with Crippen molar-refractivity contribution in [2.24, 2.45) is 0 Å². The first-order valence-corrected chi connectivity index (χ1v) is 10.7. The van der Waals surface area contributed by atoms with Gasteiger partial charge in [-0.1, -0.05) is 55.1 Å². The second-order valence-corrected chi connectivity index (χ2v) is 7.70. The van der Waals surface area contributed by atoms with E-state index in [-0.39, 0.29) is 23.3 Å². The third-order valence-electron chi connectivity index (χ3n) is 4.81. The van der Waals surface area contributed by atoms with Crippen molar-refractivity contribution in [2.75, 3.05) is 17.2 Å². The lowest BCUT2D eigenvalue weighted by atomic mass is 10.2. The van der Waals surface area contributed by atoms with E-state index >= 15 is 0 Å². The summed E-state index contributed by atoms with van der Waals surface area (Å²) in [5.74, 6) is 0.128. The molecule has 0 radical (unpaired) electrons. The van der Waals surface area contributed by atoms with Gasteiger partial charge in [0.1, 0.15) is 0 Å². The third kappa shape index (κ3) is 4.59. The highest BCUT2D eigenvalue weighted by Crippen LogP contribution is 2.24. The molecule has 0 fully saturated rings. The number of benzene rings is 2. The van der Waals surface area contributed by atoms with Crippen molar-refractivity contribution in [1.82, 2.24) is 9.55 Å². The molecule has 6 heteroatoms. The topological polar surface area (TPSA) is 55.2 Å². The summed E-state index contributed by atoms with van der Waals surface area (Å²) in [5.41, 5.74) is 1.41. The number of thioether (sulfide) groups is 1. The van der Waals surface area contributed by atoms with Crippen molar-refractivity contribution in [3.8, 4) is 0 Å². The highest BCUT2D eigenvalue weighted by molar-refractivity contribution is 7.99. The molecule has 3 aromatic rings. The monoisotopic (exact) mass is 407 g/mol. The molecule has 29 heavy (non-hydrogen) atoms. The lowest BCUT2D eigenvalue weighted by Gasteiger charge is -2.22. The number of fused-ring (bicyclic) bond motifs is 1. The van der Waals surface area contributed by atoms with Gasteiger partial charge in [0, 0.05) is 18.3 Å².